The Morgan fingerprint density at radius 3 is 2.89 bits per heavy atom. The molecule has 0 aromatic carbocycles. The fourth-order valence-corrected chi connectivity index (χ4v) is 1.65. The van der Waals surface area contributed by atoms with Gasteiger partial charge in [-0.2, -0.15) is 5.10 Å². The van der Waals surface area contributed by atoms with Gasteiger partial charge in [-0.05, 0) is 20.3 Å². The standard InChI is InChI=1S/C13H24N4O2/c1-10(13(18)14-6-5-7-19-4)15-8-12-9-16-17(3)11(12)2/h9-10,15H,5-8H2,1-4H3,(H,14,18). The van der Waals surface area contributed by atoms with Crippen LogP contribution in [0.5, 0.6) is 0 Å². The lowest BCUT2D eigenvalue weighted by molar-refractivity contribution is -0.122. The van der Waals surface area contributed by atoms with Gasteiger partial charge in [0.2, 0.25) is 5.91 Å². The summed E-state index contributed by atoms with van der Waals surface area (Å²) in [5, 5.41) is 10.2. The van der Waals surface area contributed by atoms with Crippen LogP contribution in [0.15, 0.2) is 6.20 Å². The van der Waals surface area contributed by atoms with Crippen molar-refractivity contribution in [3.63, 3.8) is 0 Å². The molecular weight excluding hydrogens is 244 g/mol. The molecule has 1 atom stereocenters. The first-order valence-electron chi connectivity index (χ1n) is 6.53. The van der Waals surface area contributed by atoms with Crippen molar-refractivity contribution >= 4 is 5.91 Å². The number of hydrogen-bond acceptors (Lipinski definition) is 4. The minimum atomic E-state index is -0.220. The molecule has 0 radical (unpaired) electrons. The number of hydrogen-bond donors (Lipinski definition) is 2. The van der Waals surface area contributed by atoms with Crippen LogP contribution in [0, 0.1) is 6.92 Å². The smallest absolute Gasteiger partial charge is 0.236 e. The van der Waals surface area contributed by atoms with Crippen LogP contribution in [0.2, 0.25) is 0 Å². The Morgan fingerprint density at radius 1 is 1.58 bits per heavy atom. The molecule has 108 valence electrons. The Hall–Kier alpha value is -1.40. The molecule has 0 saturated carbocycles. The third kappa shape index (κ3) is 5.00. The minimum Gasteiger partial charge on any atom is -0.385 e. The first-order valence-corrected chi connectivity index (χ1v) is 6.53. The highest BCUT2D eigenvalue weighted by Gasteiger charge is 2.12. The van der Waals surface area contributed by atoms with E-state index in [4.69, 9.17) is 4.74 Å². The third-order valence-corrected chi connectivity index (χ3v) is 3.15. The summed E-state index contributed by atoms with van der Waals surface area (Å²) in [6.45, 7) is 5.82. The number of nitrogens with one attached hydrogen (secondary N) is 2. The van der Waals surface area contributed by atoms with Gasteiger partial charge in [0.05, 0.1) is 12.2 Å². The summed E-state index contributed by atoms with van der Waals surface area (Å²) in [4.78, 5) is 11.8. The number of aromatic nitrogens is 2. The molecule has 1 rings (SSSR count). The summed E-state index contributed by atoms with van der Waals surface area (Å²) >= 11 is 0. The van der Waals surface area contributed by atoms with Gasteiger partial charge in [0.15, 0.2) is 0 Å². The largest absolute Gasteiger partial charge is 0.385 e. The lowest BCUT2D eigenvalue weighted by atomic mass is 10.2. The molecule has 0 fully saturated rings. The molecule has 1 unspecified atom stereocenters. The zero-order chi connectivity index (χ0) is 14.3. The summed E-state index contributed by atoms with van der Waals surface area (Å²) in [6.07, 6.45) is 2.65. The van der Waals surface area contributed by atoms with E-state index in [2.05, 4.69) is 15.7 Å². The normalized spacial score (nSPS) is 12.4. The topological polar surface area (TPSA) is 68.2 Å². The summed E-state index contributed by atoms with van der Waals surface area (Å²) in [5.41, 5.74) is 2.22. The molecule has 0 aliphatic carbocycles. The quantitative estimate of drug-likeness (QED) is 0.668. The molecule has 2 N–H and O–H groups in total. The van der Waals surface area contributed by atoms with Crippen LogP contribution in [0.4, 0.5) is 0 Å². The van der Waals surface area contributed by atoms with E-state index in [1.807, 2.05) is 31.8 Å². The van der Waals surface area contributed by atoms with Gasteiger partial charge in [0.1, 0.15) is 0 Å². The fourth-order valence-electron chi connectivity index (χ4n) is 1.65. The molecule has 6 heteroatoms. The first-order chi connectivity index (χ1) is 9.06. The highest BCUT2D eigenvalue weighted by atomic mass is 16.5. The van der Waals surface area contributed by atoms with Crippen molar-refractivity contribution in [2.24, 2.45) is 7.05 Å². The van der Waals surface area contributed by atoms with Crippen LogP contribution in [0.25, 0.3) is 0 Å². The van der Waals surface area contributed by atoms with Crippen molar-refractivity contribution in [2.45, 2.75) is 32.9 Å². The molecule has 0 aliphatic heterocycles. The Kier molecular flexibility index (Phi) is 6.52. The van der Waals surface area contributed by atoms with Crippen molar-refractivity contribution in [2.75, 3.05) is 20.3 Å². The molecule has 0 bridgehead atoms. The van der Waals surface area contributed by atoms with Crippen LogP contribution < -0.4 is 10.6 Å². The zero-order valence-corrected chi connectivity index (χ0v) is 12.2. The van der Waals surface area contributed by atoms with Gasteiger partial charge >= 0.3 is 0 Å². The number of ether oxygens (including phenoxy) is 1. The first kappa shape index (κ1) is 15.7. The zero-order valence-electron chi connectivity index (χ0n) is 12.2. The second kappa shape index (κ2) is 7.91. The molecule has 6 nitrogen and oxygen atoms in total. The Morgan fingerprint density at radius 2 is 2.32 bits per heavy atom. The van der Waals surface area contributed by atoms with E-state index in [-0.39, 0.29) is 11.9 Å². The lowest BCUT2D eigenvalue weighted by Crippen LogP contribution is -2.42. The highest BCUT2D eigenvalue weighted by molar-refractivity contribution is 5.81. The van der Waals surface area contributed by atoms with Gasteiger partial charge in [0, 0.05) is 45.1 Å². The van der Waals surface area contributed by atoms with E-state index in [0.29, 0.717) is 19.7 Å². The number of carbonyl (C=O) groups excluding carboxylic acids is 1. The number of methoxy groups -OCH3 is 1. The Balaban J connectivity index is 2.28. The van der Waals surface area contributed by atoms with Crippen molar-refractivity contribution in [3.8, 4) is 0 Å². The van der Waals surface area contributed by atoms with Crippen LogP contribution in [0.1, 0.15) is 24.6 Å². The maximum atomic E-state index is 11.8. The summed E-state index contributed by atoms with van der Waals surface area (Å²) in [6, 6.07) is -0.220. The van der Waals surface area contributed by atoms with Crippen LogP contribution in [0.3, 0.4) is 0 Å². The van der Waals surface area contributed by atoms with Crippen molar-refractivity contribution < 1.29 is 9.53 Å². The number of amides is 1. The highest BCUT2D eigenvalue weighted by Crippen LogP contribution is 2.05. The SMILES string of the molecule is COCCCNC(=O)C(C)NCc1cnn(C)c1C. The van der Waals surface area contributed by atoms with Gasteiger partial charge in [-0.15, -0.1) is 0 Å². The van der Waals surface area contributed by atoms with Gasteiger partial charge in [-0.1, -0.05) is 0 Å². The molecule has 1 aromatic heterocycles. The van der Waals surface area contributed by atoms with Crippen LogP contribution in [-0.2, 0) is 23.1 Å². The number of carbonyl (C=O) groups is 1. The van der Waals surface area contributed by atoms with Gasteiger partial charge in [-0.25, -0.2) is 0 Å². The summed E-state index contributed by atoms with van der Waals surface area (Å²) in [7, 11) is 3.56. The monoisotopic (exact) mass is 268 g/mol. The van der Waals surface area contributed by atoms with Crippen LogP contribution >= 0.6 is 0 Å². The molecule has 0 saturated heterocycles. The second-order valence-corrected chi connectivity index (χ2v) is 4.62. The average Bonchev–Trinajstić information content (AvgIpc) is 2.72. The Bertz CT molecular complexity index is 403. The van der Waals surface area contributed by atoms with E-state index in [9.17, 15) is 4.79 Å². The summed E-state index contributed by atoms with van der Waals surface area (Å²) < 4.78 is 6.75. The van der Waals surface area contributed by atoms with Crippen molar-refractivity contribution in [1.82, 2.24) is 20.4 Å². The predicted molar refractivity (Wildman–Crippen MR) is 73.7 cm³/mol. The molecule has 0 spiro atoms. The average molecular weight is 268 g/mol. The third-order valence-electron chi connectivity index (χ3n) is 3.15. The molecule has 0 aliphatic rings. The maximum Gasteiger partial charge on any atom is 0.236 e. The minimum absolute atomic E-state index is 0.0117. The summed E-state index contributed by atoms with van der Waals surface area (Å²) in [5.74, 6) is 0.0117. The van der Waals surface area contributed by atoms with E-state index < -0.39 is 0 Å². The van der Waals surface area contributed by atoms with E-state index in [0.717, 1.165) is 17.7 Å². The fraction of sp³-hybridized carbons (Fsp3) is 0.692. The number of rotatable bonds is 8. The number of aryl methyl sites for hydroxylation is 1. The molecule has 1 aromatic rings. The second-order valence-electron chi connectivity index (χ2n) is 4.62. The van der Waals surface area contributed by atoms with Gasteiger partial charge in [-0.3, -0.25) is 9.48 Å². The Labute approximate surface area is 114 Å². The van der Waals surface area contributed by atoms with Gasteiger partial charge in [0.25, 0.3) is 0 Å². The van der Waals surface area contributed by atoms with E-state index in [1.165, 1.54) is 0 Å². The number of nitrogens with zero attached hydrogens (tertiary/aromatic N) is 2. The van der Waals surface area contributed by atoms with Crippen molar-refractivity contribution in [1.29, 1.82) is 0 Å². The maximum absolute atomic E-state index is 11.8. The lowest BCUT2D eigenvalue weighted by Gasteiger charge is -2.13. The van der Waals surface area contributed by atoms with E-state index >= 15 is 0 Å². The predicted octanol–water partition coefficient (Wildman–Crippen LogP) is 0.359. The van der Waals surface area contributed by atoms with Crippen LogP contribution in [-0.4, -0.2) is 42.0 Å². The van der Waals surface area contributed by atoms with Crippen molar-refractivity contribution in [3.05, 3.63) is 17.5 Å². The molecular formula is C13H24N4O2. The molecule has 19 heavy (non-hydrogen) atoms. The van der Waals surface area contributed by atoms with E-state index in [1.54, 1.807) is 7.11 Å². The molecule has 1 heterocycles. The van der Waals surface area contributed by atoms with Gasteiger partial charge < -0.3 is 15.4 Å². The molecule has 1 amide bonds.